The van der Waals surface area contributed by atoms with Gasteiger partial charge in [-0.15, -0.1) is 0 Å². The van der Waals surface area contributed by atoms with Crippen molar-refractivity contribution in [2.75, 3.05) is 0 Å². The Hall–Kier alpha value is -2.85. The first-order chi connectivity index (χ1) is 11.0. The Kier molecular flexibility index (Phi) is 4.36. The van der Waals surface area contributed by atoms with E-state index >= 15 is 0 Å². The molecule has 0 unspecified atom stereocenters. The maximum Gasteiger partial charge on any atom is 0.416 e. The number of nitrogens with one attached hydrogen (secondary N) is 1. The van der Waals surface area contributed by atoms with Crippen LogP contribution in [0.1, 0.15) is 17.0 Å². The number of aromatic amines is 1. The summed E-state index contributed by atoms with van der Waals surface area (Å²) in [5, 5.41) is 14.1. The zero-order valence-electron chi connectivity index (χ0n) is 11.4. The van der Waals surface area contributed by atoms with Crippen LogP contribution < -0.4 is 0 Å². The summed E-state index contributed by atoms with van der Waals surface area (Å²) in [6.45, 7) is 0. The lowest BCUT2D eigenvalue weighted by Crippen LogP contribution is -2.11. The van der Waals surface area contributed by atoms with Crippen LogP contribution in [-0.4, -0.2) is 26.3 Å². The molecule has 128 valence electrons. The number of carboxylic acids is 1. The minimum atomic E-state index is -4.99. The molecule has 1 aromatic carbocycles. The number of hydrogen-bond acceptors (Lipinski definition) is 3. The molecule has 0 aliphatic heterocycles. The highest BCUT2D eigenvalue weighted by Gasteiger charge is 2.37. The Morgan fingerprint density at radius 3 is 2.04 bits per heavy atom. The van der Waals surface area contributed by atoms with Crippen molar-refractivity contribution in [3.63, 3.8) is 0 Å². The summed E-state index contributed by atoms with van der Waals surface area (Å²) in [5.74, 6) is -1.89. The number of halogens is 6. The standard InChI is InChI=1S/C13H7F6N3O2/c14-12(15,16)7-3-6(4-8(5-7)13(17,18)19)11-20-9(21-22-11)1-2-10(23)24/h1-5H,(H,23,24)(H,20,21,22)/b2-1-. The number of alkyl halides is 6. The molecular weight excluding hydrogens is 344 g/mol. The summed E-state index contributed by atoms with van der Waals surface area (Å²) in [6.07, 6.45) is -8.34. The van der Waals surface area contributed by atoms with Crippen LogP contribution in [0.3, 0.4) is 0 Å². The maximum atomic E-state index is 12.8. The van der Waals surface area contributed by atoms with Crippen molar-refractivity contribution in [3.05, 3.63) is 41.2 Å². The van der Waals surface area contributed by atoms with Crippen molar-refractivity contribution in [1.82, 2.24) is 15.2 Å². The Morgan fingerprint density at radius 2 is 1.58 bits per heavy atom. The molecule has 0 atom stereocenters. The predicted octanol–water partition coefficient (Wildman–Crippen LogP) is 3.61. The molecule has 0 fully saturated rings. The van der Waals surface area contributed by atoms with Gasteiger partial charge in [0.15, 0.2) is 5.82 Å². The number of aliphatic carboxylic acids is 1. The summed E-state index contributed by atoms with van der Waals surface area (Å²) in [7, 11) is 0. The lowest BCUT2D eigenvalue weighted by atomic mass is 10.0. The first-order valence-corrected chi connectivity index (χ1v) is 6.10. The highest BCUT2D eigenvalue weighted by Crippen LogP contribution is 2.38. The molecule has 0 aliphatic carbocycles. The van der Waals surface area contributed by atoms with E-state index in [4.69, 9.17) is 5.11 Å². The lowest BCUT2D eigenvalue weighted by Gasteiger charge is -2.13. The van der Waals surface area contributed by atoms with Gasteiger partial charge in [0.05, 0.1) is 11.1 Å². The van der Waals surface area contributed by atoms with Crippen molar-refractivity contribution in [3.8, 4) is 11.4 Å². The summed E-state index contributed by atoms with van der Waals surface area (Å²) in [6, 6.07) is 0.938. The fraction of sp³-hybridized carbons (Fsp3) is 0.154. The molecule has 2 aromatic rings. The second-order valence-electron chi connectivity index (χ2n) is 4.51. The summed E-state index contributed by atoms with van der Waals surface area (Å²) < 4.78 is 76.6. The minimum Gasteiger partial charge on any atom is -0.478 e. The molecule has 11 heteroatoms. The number of H-pyrrole nitrogens is 1. The van der Waals surface area contributed by atoms with Gasteiger partial charge < -0.3 is 5.11 Å². The predicted molar refractivity (Wildman–Crippen MR) is 68.5 cm³/mol. The fourth-order valence-corrected chi connectivity index (χ4v) is 1.71. The second kappa shape index (κ2) is 5.98. The van der Waals surface area contributed by atoms with Gasteiger partial charge >= 0.3 is 18.3 Å². The second-order valence-corrected chi connectivity index (χ2v) is 4.51. The van der Waals surface area contributed by atoms with Gasteiger partial charge in [-0.25, -0.2) is 9.78 Å². The fourth-order valence-electron chi connectivity index (χ4n) is 1.71. The molecule has 1 heterocycles. The maximum absolute atomic E-state index is 12.8. The molecule has 0 amide bonds. The average Bonchev–Trinajstić information content (AvgIpc) is 2.91. The highest BCUT2D eigenvalue weighted by atomic mass is 19.4. The molecule has 0 saturated heterocycles. The number of hydrogen-bond donors (Lipinski definition) is 2. The molecule has 0 spiro atoms. The van der Waals surface area contributed by atoms with Gasteiger partial charge in [0.25, 0.3) is 0 Å². The first-order valence-electron chi connectivity index (χ1n) is 6.10. The third kappa shape index (κ3) is 4.12. The molecule has 0 aliphatic rings. The van der Waals surface area contributed by atoms with E-state index in [1.54, 1.807) is 0 Å². The zero-order chi connectivity index (χ0) is 18.1. The summed E-state index contributed by atoms with van der Waals surface area (Å²) in [4.78, 5) is 14.0. The first kappa shape index (κ1) is 17.5. The summed E-state index contributed by atoms with van der Waals surface area (Å²) >= 11 is 0. The van der Waals surface area contributed by atoms with Gasteiger partial charge in [0, 0.05) is 11.6 Å². The van der Waals surface area contributed by atoms with Crippen LogP contribution in [-0.2, 0) is 17.1 Å². The Balaban J connectivity index is 2.52. The van der Waals surface area contributed by atoms with E-state index in [2.05, 4.69) is 15.2 Å². The van der Waals surface area contributed by atoms with E-state index in [9.17, 15) is 31.1 Å². The third-order valence-corrected chi connectivity index (χ3v) is 2.73. The SMILES string of the molecule is O=C(O)/C=C\c1nc(-c2cc(C(F)(F)F)cc(C(F)(F)F)c2)n[nH]1. The van der Waals surface area contributed by atoms with E-state index in [1.165, 1.54) is 0 Å². The van der Waals surface area contributed by atoms with Crippen molar-refractivity contribution >= 4 is 12.0 Å². The highest BCUT2D eigenvalue weighted by molar-refractivity contribution is 5.84. The van der Waals surface area contributed by atoms with E-state index in [0.29, 0.717) is 18.2 Å². The largest absolute Gasteiger partial charge is 0.478 e. The van der Waals surface area contributed by atoms with Crippen LogP contribution in [0.5, 0.6) is 0 Å². The molecule has 1 aromatic heterocycles. The molecule has 0 saturated carbocycles. The minimum absolute atomic E-state index is 0.0125. The van der Waals surface area contributed by atoms with Crippen molar-refractivity contribution < 1.29 is 36.2 Å². The molecule has 24 heavy (non-hydrogen) atoms. The number of benzene rings is 1. The number of carboxylic acid groups (broad SMARTS) is 1. The third-order valence-electron chi connectivity index (χ3n) is 2.73. The molecule has 2 rings (SSSR count). The quantitative estimate of drug-likeness (QED) is 0.654. The van der Waals surface area contributed by atoms with Gasteiger partial charge in [-0.1, -0.05) is 0 Å². The van der Waals surface area contributed by atoms with E-state index in [0.717, 1.165) is 6.08 Å². The Labute approximate surface area is 129 Å². The van der Waals surface area contributed by atoms with Crippen LogP contribution in [0, 0.1) is 0 Å². The number of rotatable bonds is 3. The topological polar surface area (TPSA) is 78.9 Å². The van der Waals surface area contributed by atoms with Crippen molar-refractivity contribution in [1.29, 1.82) is 0 Å². The molecule has 0 bridgehead atoms. The van der Waals surface area contributed by atoms with Gasteiger partial charge in [-0.05, 0) is 24.3 Å². The van der Waals surface area contributed by atoms with Crippen LogP contribution in [0.25, 0.3) is 17.5 Å². The van der Waals surface area contributed by atoms with Crippen LogP contribution in [0.2, 0.25) is 0 Å². The molecular formula is C13H7F6N3O2. The van der Waals surface area contributed by atoms with Gasteiger partial charge in [0.2, 0.25) is 0 Å². The monoisotopic (exact) mass is 351 g/mol. The zero-order valence-corrected chi connectivity index (χ0v) is 11.4. The number of carbonyl (C=O) groups is 1. The smallest absolute Gasteiger partial charge is 0.416 e. The van der Waals surface area contributed by atoms with E-state index in [1.807, 2.05) is 0 Å². The molecule has 0 radical (unpaired) electrons. The molecule has 5 nitrogen and oxygen atoms in total. The molecule has 2 N–H and O–H groups in total. The Bertz CT molecular complexity index is 759. The van der Waals surface area contributed by atoms with Crippen molar-refractivity contribution in [2.45, 2.75) is 12.4 Å². The Morgan fingerprint density at radius 1 is 1.04 bits per heavy atom. The van der Waals surface area contributed by atoms with Gasteiger partial charge in [-0.2, -0.15) is 31.4 Å². The van der Waals surface area contributed by atoms with Crippen LogP contribution in [0.4, 0.5) is 26.3 Å². The van der Waals surface area contributed by atoms with Crippen LogP contribution in [0.15, 0.2) is 24.3 Å². The number of aromatic nitrogens is 3. The van der Waals surface area contributed by atoms with Gasteiger partial charge in [-0.3, -0.25) is 5.10 Å². The van der Waals surface area contributed by atoms with Crippen LogP contribution >= 0.6 is 0 Å². The van der Waals surface area contributed by atoms with E-state index in [-0.39, 0.29) is 11.9 Å². The van der Waals surface area contributed by atoms with E-state index < -0.39 is 40.8 Å². The number of nitrogens with zero attached hydrogens (tertiary/aromatic N) is 2. The summed E-state index contributed by atoms with van der Waals surface area (Å²) in [5.41, 5.74) is -3.51. The average molecular weight is 351 g/mol. The normalized spacial score (nSPS) is 12.8. The van der Waals surface area contributed by atoms with Crippen molar-refractivity contribution in [2.24, 2.45) is 0 Å². The lowest BCUT2D eigenvalue weighted by molar-refractivity contribution is -0.143. The van der Waals surface area contributed by atoms with Gasteiger partial charge in [0.1, 0.15) is 5.82 Å².